The smallest absolute Gasteiger partial charge is 0.249 e. The van der Waals surface area contributed by atoms with Gasteiger partial charge in [-0.25, -0.2) is 4.98 Å². The van der Waals surface area contributed by atoms with Gasteiger partial charge < -0.3 is 4.98 Å². The van der Waals surface area contributed by atoms with E-state index in [4.69, 9.17) is 0 Å². The summed E-state index contributed by atoms with van der Waals surface area (Å²) in [6.45, 7) is 2.02. The van der Waals surface area contributed by atoms with Crippen LogP contribution in [0.5, 0.6) is 0 Å². The molecule has 16 heavy (non-hydrogen) atoms. The van der Waals surface area contributed by atoms with Gasteiger partial charge in [0.05, 0.1) is 5.52 Å². The Morgan fingerprint density at radius 2 is 2.00 bits per heavy atom. The first-order valence-corrected chi connectivity index (χ1v) is 5.13. The largest absolute Gasteiger partial charge is 0.307 e. The van der Waals surface area contributed by atoms with Gasteiger partial charge in [0.15, 0.2) is 0 Å². The molecular formula is C13H10N2O. The zero-order chi connectivity index (χ0) is 11.1. The van der Waals surface area contributed by atoms with Crippen LogP contribution in [0.25, 0.3) is 21.9 Å². The Kier molecular flexibility index (Phi) is 1.80. The Morgan fingerprint density at radius 3 is 2.88 bits per heavy atom. The molecule has 78 valence electrons. The van der Waals surface area contributed by atoms with E-state index in [2.05, 4.69) is 9.97 Å². The summed E-state index contributed by atoms with van der Waals surface area (Å²) in [4.78, 5) is 18.4. The standard InChI is InChI=1S/C13H10N2O/c1-8-3-2-4-9-7-10-5-6-11(16)14-13(10)15-12(8)9/h2-7H,1H3,(H,14,15,16). The molecule has 0 radical (unpaired) electrons. The molecule has 0 spiro atoms. The van der Waals surface area contributed by atoms with Crippen LogP contribution in [0.1, 0.15) is 5.56 Å². The van der Waals surface area contributed by atoms with Crippen LogP contribution in [0.2, 0.25) is 0 Å². The Hall–Kier alpha value is -2.16. The molecule has 2 aromatic heterocycles. The fourth-order valence-electron chi connectivity index (χ4n) is 1.91. The molecule has 0 aliphatic rings. The summed E-state index contributed by atoms with van der Waals surface area (Å²) in [6.07, 6.45) is 0. The van der Waals surface area contributed by atoms with Crippen LogP contribution in [0.3, 0.4) is 0 Å². The first kappa shape index (κ1) is 9.09. The lowest BCUT2D eigenvalue weighted by Gasteiger charge is -2.03. The quantitative estimate of drug-likeness (QED) is 0.579. The molecule has 0 fully saturated rings. The van der Waals surface area contributed by atoms with E-state index >= 15 is 0 Å². The lowest BCUT2D eigenvalue weighted by molar-refractivity contribution is 1.25. The van der Waals surface area contributed by atoms with Crippen molar-refractivity contribution in [2.24, 2.45) is 0 Å². The minimum Gasteiger partial charge on any atom is -0.307 e. The number of hydrogen-bond acceptors (Lipinski definition) is 2. The third kappa shape index (κ3) is 1.29. The zero-order valence-electron chi connectivity index (χ0n) is 8.82. The summed E-state index contributed by atoms with van der Waals surface area (Å²) >= 11 is 0. The molecule has 2 heterocycles. The Bertz CT molecular complexity index is 744. The van der Waals surface area contributed by atoms with Gasteiger partial charge in [-0.05, 0) is 24.6 Å². The third-order valence-corrected chi connectivity index (χ3v) is 2.73. The molecule has 1 aromatic carbocycles. The second-order valence-corrected chi connectivity index (χ2v) is 3.90. The zero-order valence-corrected chi connectivity index (χ0v) is 8.82. The summed E-state index contributed by atoms with van der Waals surface area (Å²) in [5, 5.41) is 2.05. The lowest BCUT2D eigenvalue weighted by Crippen LogP contribution is -2.03. The normalized spacial score (nSPS) is 11.1. The van der Waals surface area contributed by atoms with Crippen molar-refractivity contribution < 1.29 is 0 Å². The number of benzene rings is 1. The summed E-state index contributed by atoms with van der Waals surface area (Å²) in [7, 11) is 0. The van der Waals surface area contributed by atoms with Crippen molar-refractivity contribution in [3.05, 3.63) is 52.3 Å². The molecule has 3 heteroatoms. The first-order chi connectivity index (χ1) is 7.74. The molecular weight excluding hydrogens is 200 g/mol. The molecule has 3 aromatic rings. The number of rotatable bonds is 0. The molecule has 0 unspecified atom stereocenters. The number of para-hydroxylation sites is 1. The molecule has 0 saturated heterocycles. The van der Waals surface area contributed by atoms with E-state index in [0.717, 1.165) is 21.9 Å². The van der Waals surface area contributed by atoms with E-state index in [9.17, 15) is 4.79 Å². The molecule has 3 rings (SSSR count). The molecule has 0 aliphatic carbocycles. The van der Waals surface area contributed by atoms with E-state index < -0.39 is 0 Å². The van der Waals surface area contributed by atoms with Crippen molar-refractivity contribution >= 4 is 21.9 Å². The number of aromatic nitrogens is 2. The van der Waals surface area contributed by atoms with Crippen LogP contribution in [-0.2, 0) is 0 Å². The monoisotopic (exact) mass is 210 g/mol. The number of fused-ring (bicyclic) bond motifs is 2. The van der Waals surface area contributed by atoms with Gasteiger partial charge in [0.2, 0.25) is 5.56 Å². The number of aromatic amines is 1. The van der Waals surface area contributed by atoms with Gasteiger partial charge in [0, 0.05) is 16.8 Å². The predicted octanol–water partition coefficient (Wildman–Crippen LogP) is 2.38. The summed E-state index contributed by atoms with van der Waals surface area (Å²) < 4.78 is 0. The number of nitrogens with zero attached hydrogens (tertiary/aromatic N) is 1. The maximum atomic E-state index is 11.2. The van der Waals surface area contributed by atoms with Gasteiger partial charge in [-0.1, -0.05) is 18.2 Å². The average molecular weight is 210 g/mol. The maximum absolute atomic E-state index is 11.2. The molecule has 0 bridgehead atoms. The van der Waals surface area contributed by atoms with Gasteiger partial charge in [0.25, 0.3) is 0 Å². The van der Waals surface area contributed by atoms with E-state index in [1.54, 1.807) is 6.07 Å². The van der Waals surface area contributed by atoms with Crippen LogP contribution in [0.15, 0.2) is 41.2 Å². The van der Waals surface area contributed by atoms with E-state index in [1.165, 1.54) is 6.07 Å². The molecule has 3 nitrogen and oxygen atoms in total. The molecule has 0 saturated carbocycles. The van der Waals surface area contributed by atoms with Crippen molar-refractivity contribution in [1.29, 1.82) is 0 Å². The molecule has 0 aliphatic heterocycles. The second kappa shape index (κ2) is 3.17. The molecule has 0 atom stereocenters. The lowest BCUT2D eigenvalue weighted by atomic mass is 10.1. The van der Waals surface area contributed by atoms with Crippen molar-refractivity contribution in [2.45, 2.75) is 6.92 Å². The number of pyridine rings is 2. The molecule has 1 N–H and O–H groups in total. The van der Waals surface area contributed by atoms with Crippen LogP contribution in [0.4, 0.5) is 0 Å². The third-order valence-electron chi connectivity index (χ3n) is 2.73. The summed E-state index contributed by atoms with van der Waals surface area (Å²) in [5.74, 6) is 0. The highest BCUT2D eigenvalue weighted by Crippen LogP contribution is 2.19. The van der Waals surface area contributed by atoms with Crippen molar-refractivity contribution in [3.63, 3.8) is 0 Å². The molecule has 0 amide bonds. The number of nitrogens with one attached hydrogen (secondary N) is 1. The van der Waals surface area contributed by atoms with Gasteiger partial charge in [-0.2, -0.15) is 0 Å². The van der Waals surface area contributed by atoms with E-state index in [0.29, 0.717) is 5.65 Å². The Labute approximate surface area is 91.8 Å². The van der Waals surface area contributed by atoms with Crippen LogP contribution in [-0.4, -0.2) is 9.97 Å². The van der Waals surface area contributed by atoms with Gasteiger partial charge in [-0.3, -0.25) is 4.79 Å². The topological polar surface area (TPSA) is 45.8 Å². The summed E-state index contributed by atoms with van der Waals surface area (Å²) in [5.41, 5.74) is 2.59. The van der Waals surface area contributed by atoms with E-state index in [1.807, 2.05) is 31.2 Å². The fraction of sp³-hybridized carbons (Fsp3) is 0.0769. The number of aryl methyl sites for hydroxylation is 1. The van der Waals surface area contributed by atoms with Gasteiger partial charge >= 0.3 is 0 Å². The average Bonchev–Trinajstić information content (AvgIpc) is 2.28. The number of hydrogen-bond donors (Lipinski definition) is 1. The SMILES string of the molecule is Cc1cccc2cc3ccc(=O)[nH]c3nc12. The minimum atomic E-state index is -0.118. The van der Waals surface area contributed by atoms with Crippen molar-refractivity contribution in [2.75, 3.05) is 0 Å². The number of H-pyrrole nitrogens is 1. The second-order valence-electron chi connectivity index (χ2n) is 3.90. The highest BCUT2D eigenvalue weighted by Gasteiger charge is 2.01. The van der Waals surface area contributed by atoms with Gasteiger partial charge in [-0.15, -0.1) is 0 Å². The van der Waals surface area contributed by atoms with Crippen LogP contribution in [0, 0.1) is 6.92 Å². The first-order valence-electron chi connectivity index (χ1n) is 5.13. The van der Waals surface area contributed by atoms with Crippen molar-refractivity contribution in [3.8, 4) is 0 Å². The highest BCUT2D eigenvalue weighted by atomic mass is 16.1. The van der Waals surface area contributed by atoms with Crippen molar-refractivity contribution in [1.82, 2.24) is 9.97 Å². The fourth-order valence-corrected chi connectivity index (χ4v) is 1.91. The van der Waals surface area contributed by atoms with E-state index in [-0.39, 0.29) is 5.56 Å². The highest BCUT2D eigenvalue weighted by molar-refractivity contribution is 5.92. The van der Waals surface area contributed by atoms with Gasteiger partial charge in [0.1, 0.15) is 5.65 Å². The Balaban J connectivity index is 2.54. The summed E-state index contributed by atoms with van der Waals surface area (Å²) in [6, 6.07) is 11.4. The Morgan fingerprint density at radius 1 is 1.12 bits per heavy atom. The predicted molar refractivity (Wildman–Crippen MR) is 64.6 cm³/mol. The van der Waals surface area contributed by atoms with Crippen LogP contribution < -0.4 is 5.56 Å². The minimum absolute atomic E-state index is 0.118. The maximum Gasteiger partial charge on any atom is 0.249 e. The van der Waals surface area contributed by atoms with Crippen LogP contribution >= 0.6 is 0 Å².